The van der Waals surface area contributed by atoms with Crippen molar-refractivity contribution < 1.29 is 18.7 Å². The molecule has 0 aromatic heterocycles. The molecule has 28 heavy (non-hydrogen) atoms. The highest BCUT2D eigenvalue weighted by Gasteiger charge is 2.11. The Labute approximate surface area is 161 Å². The van der Waals surface area contributed by atoms with E-state index < -0.39 is 5.91 Å². The first-order valence-corrected chi connectivity index (χ1v) is 8.62. The van der Waals surface area contributed by atoms with E-state index in [2.05, 4.69) is 5.32 Å². The number of halogens is 1. The van der Waals surface area contributed by atoms with Gasteiger partial charge in [-0.3, -0.25) is 9.59 Å². The van der Waals surface area contributed by atoms with Crippen molar-refractivity contribution in [2.45, 2.75) is 13.5 Å². The van der Waals surface area contributed by atoms with E-state index in [0.717, 1.165) is 5.56 Å². The first-order valence-electron chi connectivity index (χ1n) is 8.62. The van der Waals surface area contributed by atoms with Gasteiger partial charge in [0.25, 0.3) is 11.8 Å². The van der Waals surface area contributed by atoms with Gasteiger partial charge in [-0.25, -0.2) is 4.39 Å². The average Bonchev–Trinajstić information content (AvgIpc) is 2.69. The van der Waals surface area contributed by atoms with E-state index in [-0.39, 0.29) is 18.3 Å². The molecule has 0 saturated carbocycles. The highest BCUT2D eigenvalue weighted by molar-refractivity contribution is 6.04. The summed E-state index contributed by atoms with van der Waals surface area (Å²) >= 11 is 0. The maximum Gasteiger partial charge on any atom is 0.255 e. The molecule has 0 saturated heterocycles. The van der Waals surface area contributed by atoms with Crippen LogP contribution in [0, 0.1) is 12.7 Å². The number of primary amides is 1. The number of rotatable bonds is 6. The quantitative estimate of drug-likeness (QED) is 0.679. The van der Waals surface area contributed by atoms with Crippen LogP contribution in [0.1, 0.15) is 31.8 Å². The molecular formula is C22H19FN2O3. The molecule has 0 aliphatic heterocycles. The van der Waals surface area contributed by atoms with Crippen molar-refractivity contribution in [1.82, 2.24) is 0 Å². The lowest BCUT2D eigenvalue weighted by molar-refractivity contribution is 0.0994. The molecule has 3 aromatic carbocycles. The summed E-state index contributed by atoms with van der Waals surface area (Å²) in [5, 5.41) is 2.77. The van der Waals surface area contributed by atoms with Gasteiger partial charge in [-0.05, 0) is 60.5 Å². The van der Waals surface area contributed by atoms with Crippen LogP contribution in [0.5, 0.6) is 5.75 Å². The summed E-state index contributed by atoms with van der Waals surface area (Å²) in [6, 6.07) is 17.8. The number of carbonyl (C=O) groups is 2. The van der Waals surface area contributed by atoms with Gasteiger partial charge in [0.15, 0.2) is 0 Å². The standard InChI is InChI=1S/C22H19FN2O3/c1-14-11-17(23)9-10-19(14)25-22(27)16-6-4-5-15(12-16)13-28-20-8-3-2-7-18(20)21(24)26/h2-12H,13H2,1H3,(H2,24,26)(H,25,27). The number of amides is 2. The Kier molecular flexibility index (Phi) is 5.69. The van der Waals surface area contributed by atoms with Crippen LogP contribution in [-0.4, -0.2) is 11.8 Å². The van der Waals surface area contributed by atoms with Gasteiger partial charge in [0, 0.05) is 11.3 Å². The molecule has 5 nitrogen and oxygen atoms in total. The second-order valence-electron chi connectivity index (χ2n) is 6.26. The Hall–Kier alpha value is -3.67. The van der Waals surface area contributed by atoms with Gasteiger partial charge in [0.2, 0.25) is 0 Å². The van der Waals surface area contributed by atoms with Crippen LogP contribution in [0.2, 0.25) is 0 Å². The van der Waals surface area contributed by atoms with Crippen LogP contribution in [0.4, 0.5) is 10.1 Å². The van der Waals surface area contributed by atoms with Gasteiger partial charge in [-0.2, -0.15) is 0 Å². The fourth-order valence-corrected chi connectivity index (χ4v) is 2.72. The monoisotopic (exact) mass is 378 g/mol. The molecule has 142 valence electrons. The lowest BCUT2D eigenvalue weighted by Gasteiger charge is -2.11. The number of ether oxygens (including phenoxy) is 1. The lowest BCUT2D eigenvalue weighted by Crippen LogP contribution is -2.14. The number of hydrogen-bond donors (Lipinski definition) is 2. The molecule has 0 fully saturated rings. The molecule has 0 aliphatic rings. The number of carbonyl (C=O) groups excluding carboxylic acids is 2. The largest absolute Gasteiger partial charge is 0.488 e. The minimum Gasteiger partial charge on any atom is -0.488 e. The van der Waals surface area contributed by atoms with Crippen LogP contribution < -0.4 is 15.8 Å². The second kappa shape index (κ2) is 8.35. The number of aryl methyl sites for hydroxylation is 1. The Morgan fingerprint density at radius 3 is 2.57 bits per heavy atom. The van der Waals surface area contributed by atoms with Crippen LogP contribution in [0.3, 0.4) is 0 Å². The van der Waals surface area contributed by atoms with Gasteiger partial charge in [-0.1, -0.05) is 24.3 Å². The zero-order valence-corrected chi connectivity index (χ0v) is 15.2. The Morgan fingerprint density at radius 2 is 1.82 bits per heavy atom. The topological polar surface area (TPSA) is 81.4 Å². The predicted octanol–water partition coefficient (Wildman–Crippen LogP) is 4.06. The minimum absolute atomic E-state index is 0.168. The third kappa shape index (κ3) is 4.54. The van der Waals surface area contributed by atoms with Crippen molar-refractivity contribution in [3.63, 3.8) is 0 Å². The zero-order chi connectivity index (χ0) is 20.1. The van der Waals surface area contributed by atoms with E-state index in [1.165, 1.54) is 18.2 Å². The van der Waals surface area contributed by atoms with Gasteiger partial charge >= 0.3 is 0 Å². The molecule has 3 N–H and O–H groups in total. The van der Waals surface area contributed by atoms with Crippen molar-refractivity contribution in [2.24, 2.45) is 5.73 Å². The molecule has 3 aromatic rings. The molecule has 0 radical (unpaired) electrons. The maximum absolute atomic E-state index is 13.2. The molecule has 3 rings (SSSR count). The first kappa shape index (κ1) is 19.1. The van der Waals surface area contributed by atoms with Gasteiger partial charge in [0.1, 0.15) is 18.2 Å². The minimum atomic E-state index is -0.571. The predicted molar refractivity (Wildman–Crippen MR) is 105 cm³/mol. The van der Waals surface area contributed by atoms with E-state index in [1.54, 1.807) is 49.4 Å². The Balaban J connectivity index is 1.72. The normalized spacial score (nSPS) is 10.4. The maximum atomic E-state index is 13.2. The summed E-state index contributed by atoms with van der Waals surface area (Å²) in [5.41, 5.74) is 8.01. The van der Waals surface area contributed by atoms with Crippen LogP contribution in [0.15, 0.2) is 66.7 Å². The molecule has 0 aliphatic carbocycles. The summed E-state index contributed by atoms with van der Waals surface area (Å²) < 4.78 is 18.9. The molecule has 0 bridgehead atoms. The molecule has 6 heteroatoms. The van der Waals surface area contributed by atoms with E-state index in [0.29, 0.717) is 28.1 Å². The van der Waals surface area contributed by atoms with E-state index >= 15 is 0 Å². The first-order chi connectivity index (χ1) is 13.4. The number of nitrogens with one attached hydrogen (secondary N) is 1. The van der Waals surface area contributed by atoms with E-state index in [9.17, 15) is 14.0 Å². The number of anilines is 1. The third-order valence-electron chi connectivity index (χ3n) is 4.17. The molecule has 0 atom stereocenters. The fourth-order valence-electron chi connectivity index (χ4n) is 2.72. The van der Waals surface area contributed by atoms with Crippen molar-refractivity contribution in [2.75, 3.05) is 5.32 Å². The number of hydrogen-bond acceptors (Lipinski definition) is 3. The summed E-state index contributed by atoms with van der Waals surface area (Å²) in [6.07, 6.45) is 0. The lowest BCUT2D eigenvalue weighted by atomic mass is 10.1. The van der Waals surface area contributed by atoms with Gasteiger partial charge in [0.05, 0.1) is 5.56 Å². The summed E-state index contributed by atoms with van der Waals surface area (Å²) in [6.45, 7) is 1.89. The van der Waals surface area contributed by atoms with Gasteiger partial charge < -0.3 is 15.8 Å². The zero-order valence-electron chi connectivity index (χ0n) is 15.2. The molecular weight excluding hydrogens is 359 g/mol. The average molecular weight is 378 g/mol. The Morgan fingerprint density at radius 1 is 1.04 bits per heavy atom. The highest BCUT2D eigenvalue weighted by Crippen LogP contribution is 2.20. The summed E-state index contributed by atoms with van der Waals surface area (Å²) in [7, 11) is 0. The highest BCUT2D eigenvalue weighted by atomic mass is 19.1. The smallest absolute Gasteiger partial charge is 0.255 e. The van der Waals surface area contributed by atoms with Crippen molar-refractivity contribution in [1.29, 1.82) is 0 Å². The second-order valence-corrected chi connectivity index (χ2v) is 6.26. The molecule has 0 unspecified atom stereocenters. The third-order valence-corrected chi connectivity index (χ3v) is 4.17. The number of para-hydroxylation sites is 1. The van der Waals surface area contributed by atoms with Crippen molar-refractivity contribution >= 4 is 17.5 Å². The van der Waals surface area contributed by atoms with Crippen LogP contribution in [0.25, 0.3) is 0 Å². The Bertz CT molecular complexity index is 1030. The molecule has 2 amide bonds. The molecule has 0 heterocycles. The van der Waals surface area contributed by atoms with Gasteiger partial charge in [-0.15, -0.1) is 0 Å². The van der Waals surface area contributed by atoms with Crippen LogP contribution >= 0.6 is 0 Å². The van der Waals surface area contributed by atoms with E-state index in [1.807, 2.05) is 6.07 Å². The summed E-state index contributed by atoms with van der Waals surface area (Å²) in [5.74, 6) is -0.856. The molecule has 0 spiro atoms. The fraction of sp³-hybridized carbons (Fsp3) is 0.0909. The number of benzene rings is 3. The SMILES string of the molecule is Cc1cc(F)ccc1NC(=O)c1cccc(COc2ccccc2C(N)=O)c1. The summed E-state index contributed by atoms with van der Waals surface area (Å²) in [4.78, 5) is 24.0. The van der Waals surface area contributed by atoms with E-state index in [4.69, 9.17) is 10.5 Å². The van der Waals surface area contributed by atoms with Crippen molar-refractivity contribution in [3.05, 3.63) is 94.8 Å². The van der Waals surface area contributed by atoms with Crippen molar-refractivity contribution in [3.8, 4) is 5.75 Å². The number of nitrogens with two attached hydrogens (primary N) is 1. The van der Waals surface area contributed by atoms with Crippen LogP contribution in [-0.2, 0) is 6.61 Å².